The van der Waals surface area contributed by atoms with Crippen LogP contribution in [0, 0.1) is 25.6 Å². The summed E-state index contributed by atoms with van der Waals surface area (Å²) in [7, 11) is 0. The van der Waals surface area contributed by atoms with Crippen molar-refractivity contribution in [1.82, 2.24) is 14.6 Å². The summed E-state index contributed by atoms with van der Waals surface area (Å²) in [5.74, 6) is -2.92. The number of hydrogen-bond acceptors (Lipinski definition) is 2. The number of benzene rings is 1. The number of fused-ring (bicyclic) bond motifs is 1. The van der Waals surface area contributed by atoms with Gasteiger partial charge in [-0.15, -0.1) is 10.2 Å². The number of alkyl halides is 2. The highest BCUT2D eigenvalue weighted by molar-refractivity contribution is 5.75. The maximum atomic E-state index is 13.3. The van der Waals surface area contributed by atoms with Gasteiger partial charge in [0.25, 0.3) is 5.92 Å². The Morgan fingerprint density at radius 3 is 2.58 bits per heavy atom. The molecule has 2 aromatic heterocycles. The van der Waals surface area contributed by atoms with Gasteiger partial charge in [-0.1, -0.05) is 6.07 Å². The van der Waals surface area contributed by atoms with Crippen molar-refractivity contribution in [3.8, 4) is 11.1 Å². The second kappa shape index (κ2) is 5.06. The number of pyridine rings is 1. The third-order valence-electron chi connectivity index (χ3n) is 4.76. The van der Waals surface area contributed by atoms with E-state index >= 15 is 0 Å². The van der Waals surface area contributed by atoms with Gasteiger partial charge in [-0.05, 0) is 48.7 Å². The summed E-state index contributed by atoms with van der Waals surface area (Å²) in [6.07, 6.45) is 1.95. The van der Waals surface area contributed by atoms with Gasteiger partial charge in [0.2, 0.25) is 0 Å². The van der Waals surface area contributed by atoms with Crippen LogP contribution >= 0.6 is 0 Å². The van der Waals surface area contributed by atoms with E-state index in [2.05, 4.69) is 10.2 Å². The molecule has 0 saturated heterocycles. The summed E-state index contributed by atoms with van der Waals surface area (Å²) in [6, 6.07) is 6.56. The third-order valence-corrected chi connectivity index (χ3v) is 4.76. The van der Waals surface area contributed by atoms with Crippen LogP contribution in [0.25, 0.3) is 16.8 Å². The van der Waals surface area contributed by atoms with Crippen molar-refractivity contribution >= 4 is 5.65 Å². The second-order valence-electron chi connectivity index (χ2n) is 6.49. The molecule has 2 heterocycles. The molecule has 0 aliphatic heterocycles. The fourth-order valence-electron chi connectivity index (χ4n) is 3.20. The number of rotatable bonds is 3. The lowest BCUT2D eigenvalue weighted by atomic mass is 9.98. The molecule has 6 heteroatoms. The molecule has 1 fully saturated rings. The SMILES string of the molecule is Cc1cc(F)ccc1-c1ccn2c(CC3CC3(F)F)nnc2c1C. The van der Waals surface area contributed by atoms with Gasteiger partial charge in [0.1, 0.15) is 11.6 Å². The van der Waals surface area contributed by atoms with Crippen molar-refractivity contribution in [3.63, 3.8) is 0 Å². The van der Waals surface area contributed by atoms with Gasteiger partial charge in [-0.2, -0.15) is 0 Å². The van der Waals surface area contributed by atoms with Gasteiger partial charge >= 0.3 is 0 Å². The number of hydrogen-bond donors (Lipinski definition) is 0. The van der Waals surface area contributed by atoms with E-state index < -0.39 is 11.8 Å². The molecule has 0 radical (unpaired) electrons. The zero-order chi connectivity index (χ0) is 17.1. The minimum atomic E-state index is -2.56. The number of aryl methyl sites for hydroxylation is 2. The molecule has 4 rings (SSSR count). The minimum absolute atomic E-state index is 0.0756. The van der Waals surface area contributed by atoms with Gasteiger partial charge in [0, 0.05) is 30.5 Å². The van der Waals surface area contributed by atoms with Crippen LogP contribution in [0.3, 0.4) is 0 Å². The molecule has 3 aromatic rings. The standard InChI is InChI=1S/C18H16F3N3/c1-10-7-13(19)3-4-14(10)15-5-6-24-16(8-12-9-18(12,20)21)22-23-17(24)11(15)2/h3-7,12H,8-9H2,1-2H3. The molecule has 1 unspecified atom stereocenters. The summed E-state index contributed by atoms with van der Waals surface area (Å²) in [5, 5.41) is 8.27. The normalized spacial score (nSPS) is 19.0. The molecule has 0 N–H and O–H groups in total. The topological polar surface area (TPSA) is 30.2 Å². The second-order valence-corrected chi connectivity index (χ2v) is 6.49. The van der Waals surface area contributed by atoms with Gasteiger partial charge in [-0.25, -0.2) is 13.2 Å². The lowest BCUT2D eigenvalue weighted by Gasteiger charge is -2.11. The fourth-order valence-corrected chi connectivity index (χ4v) is 3.20. The monoisotopic (exact) mass is 331 g/mol. The van der Waals surface area contributed by atoms with Crippen LogP contribution in [0.2, 0.25) is 0 Å². The molecular formula is C18H16F3N3. The highest BCUT2D eigenvalue weighted by atomic mass is 19.3. The Balaban J connectivity index is 1.76. The number of aromatic nitrogens is 3. The molecule has 124 valence electrons. The molecule has 24 heavy (non-hydrogen) atoms. The van der Waals surface area contributed by atoms with Gasteiger partial charge in [0.15, 0.2) is 5.65 Å². The van der Waals surface area contributed by atoms with E-state index in [0.29, 0.717) is 11.5 Å². The maximum Gasteiger partial charge on any atom is 0.252 e. The summed E-state index contributed by atoms with van der Waals surface area (Å²) in [4.78, 5) is 0. The van der Waals surface area contributed by atoms with Crippen molar-refractivity contribution in [1.29, 1.82) is 0 Å². The van der Waals surface area contributed by atoms with E-state index in [4.69, 9.17) is 0 Å². The first-order valence-corrected chi connectivity index (χ1v) is 7.84. The predicted molar refractivity (Wildman–Crippen MR) is 84.6 cm³/mol. The van der Waals surface area contributed by atoms with E-state index in [1.807, 2.05) is 19.9 Å². The zero-order valence-electron chi connectivity index (χ0n) is 13.4. The third kappa shape index (κ3) is 2.37. The van der Waals surface area contributed by atoms with Gasteiger partial charge in [0.05, 0.1) is 0 Å². The van der Waals surface area contributed by atoms with Crippen molar-refractivity contribution in [2.24, 2.45) is 5.92 Å². The minimum Gasteiger partial charge on any atom is -0.286 e. The quantitative estimate of drug-likeness (QED) is 0.714. The molecule has 0 amide bonds. The largest absolute Gasteiger partial charge is 0.286 e. The van der Waals surface area contributed by atoms with Crippen LogP contribution in [-0.2, 0) is 6.42 Å². The van der Waals surface area contributed by atoms with E-state index in [1.54, 1.807) is 16.7 Å². The summed E-state index contributed by atoms with van der Waals surface area (Å²) < 4.78 is 41.4. The maximum absolute atomic E-state index is 13.3. The molecule has 0 spiro atoms. The van der Waals surface area contributed by atoms with Gasteiger partial charge in [-0.3, -0.25) is 4.40 Å². The Bertz CT molecular complexity index is 946. The number of nitrogens with zero attached hydrogens (tertiary/aromatic N) is 3. The Morgan fingerprint density at radius 2 is 1.92 bits per heavy atom. The highest BCUT2D eigenvalue weighted by Crippen LogP contribution is 2.50. The van der Waals surface area contributed by atoms with Crippen molar-refractivity contribution in [3.05, 3.63) is 53.2 Å². The summed E-state index contributed by atoms with van der Waals surface area (Å²) >= 11 is 0. The Kier molecular flexibility index (Phi) is 3.20. The molecule has 0 bridgehead atoms. The first kappa shape index (κ1) is 15.2. The van der Waals surface area contributed by atoms with Crippen molar-refractivity contribution in [2.75, 3.05) is 0 Å². The van der Waals surface area contributed by atoms with Crippen LogP contribution < -0.4 is 0 Å². The average Bonchev–Trinajstić information content (AvgIpc) is 2.91. The molecule has 1 atom stereocenters. The zero-order valence-corrected chi connectivity index (χ0v) is 13.4. The molecule has 1 aliphatic carbocycles. The molecule has 1 aromatic carbocycles. The van der Waals surface area contributed by atoms with E-state index in [0.717, 1.165) is 22.3 Å². The van der Waals surface area contributed by atoms with Crippen LogP contribution in [0.5, 0.6) is 0 Å². The Hall–Kier alpha value is -2.37. The average molecular weight is 331 g/mol. The number of halogens is 3. The highest BCUT2D eigenvalue weighted by Gasteiger charge is 2.56. The van der Waals surface area contributed by atoms with Crippen molar-refractivity contribution < 1.29 is 13.2 Å². The first-order valence-electron chi connectivity index (χ1n) is 7.84. The van der Waals surface area contributed by atoms with Crippen LogP contribution in [0.15, 0.2) is 30.5 Å². The summed E-state index contributed by atoms with van der Waals surface area (Å²) in [5.41, 5.74) is 4.24. The smallest absolute Gasteiger partial charge is 0.252 e. The molecule has 3 nitrogen and oxygen atoms in total. The van der Waals surface area contributed by atoms with E-state index in [9.17, 15) is 13.2 Å². The summed E-state index contributed by atoms with van der Waals surface area (Å²) in [6.45, 7) is 3.77. The lowest BCUT2D eigenvalue weighted by Crippen LogP contribution is -2.02. The first-order chi connectivity index (χ1) is 11.4. The Morgan fingerprint density at radius 1 is 1.17 bits per heavy atom. The van der Waals surface area contributed by atoms with Gasteiger partial charge < -0.3 is 0 Å². The van der Waals surface area contributed by atoms with E-state index in [-0.39, 0.29) is 18.7 Å². The molecule has 1 aliphatic rings. The lowest BCUT2D eigenvalue weighted by molar-refractivity contribution is 0.0984. The van der Waals surface area contributed by atoms with Crippen LogP contribution in [0.1, 0.15) is 23.4 Å². The Labute approximate surface area is 137 Å². The van der Waals surface area contributed by atoms with Crippen molar-refractivity contribution in [2.45, 2.75) is 32.6 Å². The predicted octanol–water partition coefficient (Wildman–Crippen LogP) is 4.35. The van der Waals surface area contributed by atoms with Crippen LogP contribution in [-0.4, -0.2) is 20.5 Å². The molecule has 1 saturated carbocycles. The molecular weight excluding hydrogens is 315 g/mol. The van der Waals surface area contributed by atoms with E-state index in [1.165, 1.54) is 12.1 Å². The fraction of sp³-hybridized carbons (Fsp3) is 0.333. The van der Waals surface area contributed by atoms with Crippen LogP contribution in [0.4, 0.5) is 13.2 Å².